The molecular formula is C16H23NO. The number of aryl methyl sites for hydroxylation is 1. The molecule has 2 unspecified atom stereocenters. The molecule has 2 atom stereocenters. The van der Waals surface area contributed by atoms with E-state index in [-0.39, 0.29) is 5.91 Å². The van der Waals surface area contributed by atoms with Crippen molar-refractivity contribution >= 4 is 5.91 Å². The van der Waals surface area contributed by atoms with Crippen LogP contribution in [0.1, 0.15) is 43.7 Å². The highest BCUT2D eigenvalue weighted by atomic mass is 16.1. The van der Waals surface area contributed by atoms with Crippen molar-refractivity contribution < 1.29 is 4.79 Å². The smallest absolute Gasteiger partial charge is 0.224 e. The molecule has 1 N–H and O–H groups in total. The summed E-state index contributed by atoms with van der Waals surface area (Å²) in [5.41, 5.74) is 2.32. The maximum atomic E-state index is 12.0. The zero-order valence-electron chi connectivity index (χ0n) is 11.4. The van der Waals surface area contributed by atoms with Crippen LogP contribution in [0.2, 0.25) is 0 Å². The molecule has 2 heteroatoms. The minimum absolute atomic E-state index is 0.166. The van der Waals surface area contributed by atoms with Gasteiger partial charge in [-0.05, 0) is 31.2 Å². The molecule has 0 radical (unpaired) electrons. The van der Waals surface area contributed by atoms with E-state index in [9.17, 15) is 4.79 Å². The second-order valence-corrected chi connectivity index (χ2v) is 5.60. The molecule has 1 amide bonds. The average molecular weight is 245 g/mol. The largest absolute Gasteiger partial charge is 0.353 e. The summed E-state index contributed by atoms with van der Waals surface area (Å²) in [6.07, 6.45) is 5.45. The number of carbonyl (C=O) groups excluding carboxylic acids is 1. The van der Waals surface area contributed by atoms with Gasteiger partial charge < -0.3 is 5.32 Å². The number of nitrogens with one attached hydrogen (secondary N) is 1. The van der Waals surface area contributed by atoms with Crippen LogP contribution in [0.5, 0.6) is 0 Å². The normalized spacial score (nSPS) is 23.7. The maximum absolute atomic E-state index is 12.0. The van der Waals surface area contributed by atoms with Gasteiger partial charge in [-0.2, -0.15) is 0 Å². The average Bonchev–Trinajstić information content (AvgIpc) is 2.32. The van der Waals surface area contributed by atoms with Gasteiger partial charge in [0.1, 0.15) is 0 Å². The molecule has 0 saturated heterocycles. The Bertz CT molecular complexity index is 413. The van der Waals surface area contributed by atoms with Gasteiger partial charge in [0.15, 0.2) is 0 Å². The van der Waals surface area contributed by atoms with Gasteiger partial charge in [-0.3, -0.25) is 4.79 Å². The van der Waals surface area contributed by atoms with Gasteiger partial charge in [0.2, 0.25) is 5.91 Å². The highest BCUT2D eigenvalue weighted by Crippen LogP contribution is 2.23. The lowest BCUT2D eigenvalue weighted by Gasteiger charge is -2.29. The molecule has 1 aliphatic carbocycles. The Morgan fingerprint density at radius 1 is 1.33 bits per heavy atom. The molecule has 1 aromatic carbocycles. The Kier molecular flexibility index (Phi) is 4.40. The summed E-state index contributed by atoms with van der Waals surface area (Å²) < 4.78 is 0. The number of hydrogen-bond acceptors (Lipinski definition) is 1. The van der Waals surface area contributed by atoms with E-state index in [1.165, 1.54) is 24.8 Å². The number of hydrogen-bond donors (Lipinski definition) is 1. The topological polar surface area (TPSA) is 29.1 Å². The van der Waals surface area contributed by atoms with E-state index in [0.717, 1.165) is 12.0 Å². The third-order valence-corrected chi connectivity index (χ3v) is 3.91. The molecular weight excluding hydrogens is 222 g/mol. The first-order chi connectivity index (χ1) is 8.65. The van der Waals surface area contributed by atoms with Crippen LogP contribution in [0.4, 0.5) is 0 Å². The first kappa shape index (κ1) is 13.1. The van der Waals surface area contributed by atoms with Gasteiger partial charge in [0, 0.05) is 6.04 Å². The van der Waals surface area contributed by atoms with Gasteiger partial charge in [-0.25, -0.2) is 0 Å². The van der Waals surface area contributed by atoms with Crippen molar-refractivity contribution in [3.8, 4) is 0 Å². The van der Waals surface area contributed by atoms with Crippen molar-refractivity contribution in [1.29, 1.82) is 0 Å². The Morgan fingerprint density at radius 3 is 2.83 bits per heavy atom. The fourth-order valence-electron chi connectivity index (χ4n) is 2.80. The van der Waals surface area contributed by atoms with Crippen LogP contribution in [0.25, 0.3) is 0 Å². The predicted molar refractivity (Wildman–Crippen MR) is 74.4 cm³/mol. The van der Waals surface area contributed by atoms with Gasteiger partial charge in [-0.15, -0.1) is 0 Å². The zero-order valence-corrected chi connectivity index (χ0v) is 11.4. The van der Waals surface area contributed by atoms with E-state index in [1.807, 2.05) is 12.1 Å². The fourth-order valence-corrected chi connectivity index (χ4v) is 2.80. The van der Waals surface area contributed by atoms with E-state index in [4.69, 9.17) is 0 Å². The van der Waals surface area contributed by atoms with Crippen LogP contribution in [0.3, 0.4) is 0 Å². The van der Waals surface area contributed by atoms with Crippen LogP contribution in [-0.2, 0) is 11.2 Å². The maximum Gasteiger partial charge on any atom is 0.224 e. The summed E-state index contributed by atoms with van der Waals surface area (Å²) in [5.74, 6) is 0.791. The van der Waals surface area contributed by atoms with Gasteiger partial charge in [-0.1, -0.05) is 49.6 Å². The minimum atomic E-state index is 0.166. The molecule has 98 valence electrons. The van der Waals surface area contributed by atoms with Crippen molar-refractivity contribution in [3.05, 3.63) is 35.4 Å². The zero-order chi connectivity index (χ0) is 13.0. The number of amides is 1. The summed E-state index contributed by atoms with van der Waals surface area (Å²) in [6.45, 7) is 4.31. The summed E-state index contributed by atoms with van der Waals surface area (Å²) in [6, 6.07) is 8.57. The molecule has 2 nitrogen and oxygen atoms in total. The van der Waals surface area contributed by atoms with E-state index in [0.29, 0.717) is 18.4 Å². The van der Waals surface area contributed by atoms with E-state index in [1.54, 1.807) is 0 Å². The quantitative estimate of drug-likeness (QED) is 0.870. The molecule has 0 aliphatic heterocycles. The fraction of sp³-hybridized carbons (Fsp3) is 0.562. The third kappa shape index (κ3) is 3.59. The van der Waals surface area contributed by atoms with Crippen molar-refractivity contribution in [2.24, 2.45) is 5.92 Å². The first-order valence-electron chi connectivity index (χ1n) is 7.00. The van der Waals surface area contributed by atoms with E-state index >= 15 is 0 Å². The lowest BCUT2D eigenvalue weighted by atomic mass is 9.86. The summed E-state index contributed by atoms with van der Waals surface area (Å²) in [7, 11) is 0. The highest BCUT2D eigenvalue weighted by molar-refractivity contribution is 5.78. The van der Waals surface area contributed by atoms with E-state index < -0.39 is 0 Å². The van der Waals surface area contributed by atoms with Crippen LogP contribution in [0.15, 0.2) is 24.3 Å². The number of carbonyl (C=O) groups is 1. The Hall–Kier alpha value is -1.31. The van der Waals surface area contributed by atoms with Crippen LogP contribution < -0.4 is 5.32 Å². The molecule has 1 aliphatic rings. The summed E-state index contributed by atoms with van der Waals surface area (Å²) in [5, 5.41) is 3.20. The standard InChI is InChI=1S/C16H23NO/c1-12-6-5-8-14(10-12)11-16(18)17-15-9-4-3-7-13(15)2/h5-6,8,10,13,15H,3-4,7,9,11H2,1-2H3,(H,17,18). The minimum Gasteiger partial charge on any atom is -0.353 e. The molecule has 0 heterocycles. The molecule has 1 fully saturated rings. The molecule has 0 aromatic heterocycles. The number of rotatable bonds is 3. The summed E-state index contributed by atoms with van der Waals surface area (Å²) in [4.78, 5) is 12.0. The van der Waals surface area contributed by atoms with Gasteiger partial charge in [0.25, 0.3) is 0 Å². The number of benzene rings is 1. The van der Waals surface area contributed by atoms with Gasteiger partial charge in [0.05, 0.1) is 6.42 Å². The highest BCUT2D eigenvalue weighted by Gasteiger charge is 2.22. The van der Waals surface area contributed by atoms with Crippen LogP contribution in [-0.4, -0.2) is 11.9 Å². The molecule has 0 spiro atoms. The monoisotopic (exact) mass is 245 g/mol. The SMILES string of the molecule is Cc1cccc(CC(=O)NC2CCCCC2C)c1. The second-order valence-electron chi connectivity index (χ2n) is 5.60. The first-order valence-corrected chi connectivity index (χ1v) is 7.00. The molecule has 2 rings (SSSR count). The lowest BCUT2D eigenvalue weighted by molar-refractivity contribution is -0.121. The van der Waals surface area contributed by atoms with Crippen LogP contribution in [0, 0.1) is 12.8 Å². The third-order valence-electron chi connectivity index (χ3n) is 3.91. The van der Waals surface area contributed by atoms with Crippen molar-refractivity contribution in [1.82, 2.24) is 5.32 Å². The predicted octanol–water partition coefficient (Wildman–Crippen LogP) is 3.23. The molecule has 0 bridgehead atoms. The molecule has 18 heavy (non-hydrogen) atoms. The molecule has 1 saturated carbocycles. The van der Waals surface area contributed by atoms with Crippen molar-refractivity contribution in [2.45, 2.75) is 52.0 Å². The summed E-state index contributed by atoms with van der Waals surface area (Å²) >= 11 is 0. The van der Waals surface area contributed by atoms with Crippen LogP contribution >= 0.6 is 0 Å². The van der Waals surface area contributed by atoms with Crippen molar-refractivity contribution in [3.63, 3.8) is 0 Å². The second kappa shape index (κ2) is 6.03. The lowest BCUT2D eigenvalue weighted by Crippen LogP contribution is -2.41. The van der Waals surface area contributed by atoms with Crippen molar-refractivity contribution in [2.75, 3.05) is 0 Å². The molecule has 1 aromatic rings. The Balaban J connectivity index is 1.88. The van der Waals surface area contributed by atoms with E-state index in [2.05, 4.69) is 31.3 Å². The van der Waals surface area contributed by atoms with Gasteiger partial charge >= 0.3 is 0 Å². The Morgan fingerprint density at radius 2 is 2.11 bits per heavy atom. The Labute approximate surface area is 110 Å².